The number of rotatable bonds is 3. The van der Waals surface area contributed by atoms with Crippen molar-refractivity contribution in [3.63, 3.8) is 0 Å². The third-order valence-electron chi connectivity index (χ3n) is 7.78. The topological polar surface area (TPSA) is 13.1 Å². The van der Waals surface area contributed by atoms with Gasteiger partial charge in [0, 0.05) is 10.8 Å². The molecule has 0 unspecified atom stereocenters. The van der Waals surface area contributed by atoms with Gasteiger partial charge in [-0.25, -0.2) is 0 Å². The van der Waals surface area contributed by atoms with Gasteiger partial charge < -0.3 is 4.42 Å². The molecular formula is C42H26O. The Kier molecular flexibility index (Phi) is 3.07. The summed E-state index contributed by atoms with van der Waals surface area (Å²) >= 11 is 0. The van der Waals surface area contributed by atoms with Crippen molar-refractivity contribution < 1.29 is 23.6 Å². The van der Waals surface area contributed by atoms with E-state index in [9.17, 15) is 4.11 Å². The lowest BCUT2D eigenvalue weighted by molar-refractivity contribution is 0.669. The van der Waals surface area contributed by atoms with Crippen LogP contribution in [0.1, 0.15) is 19.2 Å². The lowest BCUT2D eigenvalue weighted by Crippen LogP contribution is -1.91. The molecule has 1 heteroatoms. The van der Waals surface area contributed by atoms with Crippen LogP contribution in [0.2, 0.25) is 0 Å². The highest BCUT2D eigenvalue weighted by Crippen LogP contribution is 2.45. The Balaban J connectivity index is 1.35. The third-order valence-corrected chi connectivity index (χ3v) is 7.78. The molecule has 9 aromatic rings. The minimum absolute atomic E-state index is 0.0192. The lowest BCUT2D eigenvalue weighted by Gasteiger charge is -2.18. The minimum Gasteiger partial charge on any atom is -0.456 e. The monoisotopic (exact) mass is 560 g/mol. The van der Waals surface area contributed by atoms with E-state index in [1.54, 1.807) is 12.1 Å². The quantitative estimate of drug-likeness (QED) is 0.196. The Bertz CT molecular complexity index is 3190. The van der Waals surface area contributed by atoms with Gasteiger partial charge >= 0.3 is 0 Å². The van der Waals surface area contributed by atoms with Gasteiger partial charge in [-0.15, -0.1) is 0 Å². The normalized spacial score (nSPS) is 16.3. The van der Waals surface area contributed by atoms with Crippen LogP contribution in [-0.2, 0) is 0 Å². The largest absolute Gasteiger partial charge is 0.456 e. The molecule has 0 amide bonds. The van der Waals surface area contributed by atoms with Crippen LogP contribution >= 0.6 is 0 Å². The summed E-state index contributed by atoms with van der Waals surface area (Å²) in [6.45, 7) is 0. The maximum absolute atomic E-state index is 9.68. The molecule has 0 aliphatic carbocycles. The molecule has 9 rings (SSSR count). The SMILES string of the molecule is [2H]c1c([2H])c([2H])c(-c2ccc(-c3c4ccccc4c(-c4c([2H])c([2H])c5oc6c([2H])c7c([2H])c([2H])c([2H])c([2H])c7c([2H])c6c5c4[2H])c4ccccc34)cc2)c([2H])c1[2H]. The predicted octanol–water partition coefficient (Wildman–Crippen LogP) is 12.0. The van der Waals surface area contributed by atoms with Gasteiger partial charge in [-0.1, -0.05) is 133 Å². The average Bonchev–Trinajstić information content (AvgIpc) is 3.63. The van der Waals surface area contributed by atoms with Gasteiger partial charge in [0.15, 0.2) is 0 Å². The van der Waals surface area contributed by atoms with Gasteiger partial charge in [0.1, 0.15) is 11.2 Å². The molecule has 8 aromatic carbocycles. The van der Waals surface area contributed by atoms with Crippen LogP contribution in [0.15, 0.2) is 162 Å². The first-order chi connectivity index (χ1) is 27.2. The molecule has 0 bridgehead atoms. The van der Waals surface area contributed by atoms with E-state index >= 15 is 0 Å². The zero-order valence-corrected chi connectivity index (χ0v) is 22.3. The van der Waals surface area contributed by atoms with Gasteiger partial charge in [-0.2, -0.15) is 0 Å². The zero-order chi connectivity index (χ0) is 40.5. The summed E-state index contributed by atoms with van der Waals surface area (Å²) in [5.74, 6) is 0. The number of benzene rings is 8. The predicted molar refractivity (Wildman–Crippen MR) is 183 cm³/mol. The Hall–Kier alpha value is -5.66. The van der Waals surface area contributed by atoms with Gasteiger partial charge in [0.25, 0.3) is 0 Å². The van der Waals surface area contributed by atoms with Crippen molar-refractivity contribution in [1.82, 2.24) is 0 Å². The maximum atomic E-state index is 9.68. The van der Waals surface area contributed by atoms with E-state index < -0.39 is 54.4 Å². The van der Waals surface area contributed by atoms with Crippen LogP contribution in [0.3, 0.4) is 0 Å². The Morgan fingerprint density at radius 2 is 0.907 bits per heavy atom. The number of hydrogen-bond acceptors (Lipinski definition) is 1. The Labute approximate surface area is 268 Å². The fourth-order valence-corrected chi connectivity index (χ4v) is 5.89. The molecule has 0 N–H and O–H groups in total. The molecule has 0 saturated heterocycles. The Morgan fingerprint density at radius 1 is 0.372 bits per heavy atom. The summed E-state index contributed by atoms with van der Waals surface area (Å²) in [5, 5.41) is 2.26. The van der Waals surface area contributed by atoms with E-state index in [-0.39, 0.29) is 74.0 Å². The highest BCUT2D eigenvalue weighted by molar-refractivity contribution is 6.22. The van der Waals surface area contributed by atoms with E-state index in [0.29, 0.717) is 21.9 Å². The first kappa shape index (κ1) is 14.0. The molecule has 0 aliphatic rings. The molecule has 1 nitrogen and oxygen atoms in total. The third kappa shape index (κ3) is 3.79. The molecule has 0 spiro atoms. The van der Waals surface area contributed by atoms with Gasteiger partial charge in [-0.3, -0.25) is 0 Å². The number of fused-ring (bicyclic) bond motifs is 6. The Morgan fingerprint density at radius 3 is 1.56 bits per heavy atom. The number of furan rings is 1. The first-order valence-corrected chi connectivity index (χ1v) is 13.6. The second-order valence-electron chi connectivity index (χ2n) is 10.2. The van der Waals surface area contributed by atoms with E-state index in [2.05, 4.69) is 0 Å². The molecule has 0 aliphatic heterocycles. The molecule has 200 valence electrons. The summed E-state index contributed by atoms with van der Waals surface area (Å²) in [7, 11) is 0. The van der Waals surface area contributed by atoms with Crippen molar-refractivity contribution in [3.05, 3.63) is 157 Å². The first-order valence-electron chi connectivity index (χ1n) is 20.6. The van der Waals surface area contributed by atoms with Gasteiger partial charge in [0.2, 0.25) is 0 Å². The molecule has 1 heterocycles. The highest BCUT2D eigenvalue weighted by Gasteiger charge is 2.18. The van der Waals surface area contributed by atoms with Crippen LogP contribution in [0.5, 0.6) is 0 Å². The molecule has 0 fully saturated rings. The van der Waals surface area contributed by atoms with E-state index in [1.807, 2.05) is 60.7 Å². The summed E-state index contributed by atoms with van der Waals surface area (Å²) < 4.78 is 127. The highest BCUT2D eigenvalue weighted by atomic mass is 16.3. The smallest absolute Gasteiger partial charge is 0.136 e. The number of hydrogen-bond donors (Lipinski definition) is 0. The van der Waals surface area contributed by atoms with Crippen molar-refractivity contribution in [2.75, 3.05) is 0 Å². The van der Waals surface area contributed by atoms with Crippen molar-refractivity contribution in [1.29, 1.82) is 0 Å². The fourth-order valence-electron chi connectivity index (χ4n) is 5.89. The van der Waals surface area contributed by atoms with Crippen LogP contribution in [-0.4, -0.2) is 0 Å². The molecule has 0 radical (unpaired) electrons. The van der Waals surface area contributed by atoms with Crippen LogP contribution in [0.4, 0.5) is 0 Å². The van der Waals surface area contributed by atoms with Crippen molar-refractivity contribution in [3.8, 4) is 33.4 Å². The average molecular weight is 561 g/mol. The standard InChI is InChI=1S/C42H26O/c1-2-10-27(11-3-1)28-18-20-29(21-19-28)41-33-14-6-8-16-35(33)42(36-17-9-7-15-34(36)41)32-22-23-39-37(25-32)38-24-30-12-4-5-13-31(30)26-40(38)43-39/h1-26H/i1D,2D,3D,4D,5D,10D,11D,12D,13D,22D,23D,24D,25D,26D. The van der Waals surface area contributed by atoms with Crippen LogP contribution < -0.4 is 0 Å². The maximum Gasteiger partial charge on any atom is 0.136 e. The van der Waals surface area contributed by atoms with Crippen LogP contribution in [0.25, 0.3) is 87.6 Å². The summed E-state index contributed by atoms with van der Waals surface area (Å²) in [4.78, 5) is 0. The molecule has 43 heavy (non-hydrogen) atoms. The fraction of sp³-hybridized carbons (Fsp3) is 0. The lowest BCUT2D eigenvalue weighted by atomic mass is 9.85. The molecular weight excluding hydrogens is 520 g/mol. The van der Waals surface area contributed by atoms with Crippen molar-refractivity contribution >= 4 is 54.3 Å². The van der Waals surface area contributed by atoms with Crippen molar-refractivity contribution in [2.45, 2.75) is 0 Å². The van der Waals surface area contributed by atoms with E-state index in [4.69, 9.17) is 19.5 Å². The molecule has 1 aromatic heterocycles. The van der Waals surface area contributed by atoms with Crippen LogP contribution in [0, 0.1) is 0 Å². The van der Waals surface area contributed by atoms with E-state index in [1.165, 1.54) is 0 Å². The molecule has 0 saturated carbocycles. The van der Waals surface area contributed by atoms with E-state index in [0.717, 1.165) is 21.9 Å². The second kappa shape index (κ2) is 9.44. The second-order valence-corrected chi connectivity index (χ2v) is 10.2. The van der Waals surface area contributed by atoms with Gasteiger partial charge in [0.05, 0.1) is 19.2 Å². The summed E-state index contributed by atoms with van der Waals surface area (Å²) in [6, 6.07) is 16.0. The molecule has 0 atom stereocenters. The minimum atomic E-state index is -0.573. The van der Waals surface area contributed by atoms with Gasteiger partial charge in [-0.05, 0) is 89.9 Å². The van der Waals surface area contributed by atoms with Crippen molar-refractivity contribution in [2.24, 2.45) is 0 Å². The summed E-state index contributed by atoms with van der Waals surface area (Å²) in [6.07, 6.45) is 0. The zero-order valence-electron chi connectivity index (χ0n) is 36.3. The summed E-state index contributed by atoms with van der Waals surface area (Å²) in [5.41, 5.74) is 2.19.